The highest BCUT2D eigenvalue weighted by atomic mass is 16.5. The molecular weight excluding hydrogens is 244 g/mol. The van der Waals surface area contributed by atoms with E-state index in [1.165, 1.54) is 0 Å². The summed E-state index contributed by atoms with van der Waals surface area (Å²) in [5.74, 6) is 1.30. The molecule has 0 saturated heterocycles. The predicted molar refractivity (Wildman–Crippen MR) is 70.1 cm³/mol. The molecule has 0 saturated carbocycles. The van der Waals surface area contributed by atoms with Crippen molar-refractivity contribution in [3.05, 3.63) is 47.2 Å². The number of hydrogen-bond donors (Lipinski definition) is 1. The summed E-state index contributed by atoms with van der Waals surface area (Å²) in [6.45, 7) is 3.90. The molecule has 0 aliphatic heterocycles. The number of nitrogens with one attached hydrogen (secondary N) is 1. The lowest BCUT2D eigenvalue weighted by Gasteiger charge is -2.05. The van der Waals surface area contributed by atoms with Crippen LogP contribution < -0.4 is 10.1 Å². The van der Waals surface area contributed by atoms with Crippen molar-refractivity contribution >= 4 is 5.91 Å². The van der Waals surface area contributed by atoms with Crippen molar-refractivity contribution in [2.75, 3.05) is 7.11 Å². The average Bonchev–Trinajstić information content (AvgIpc) is 2.75. The van der Waals surface area contributed by atoms with Crippen LogP contribution >= 0.6 is 0 Å². The monoisotopic (exact) mass is 260 g/mol. The van der Waals surface area contributed by atoms with E-state index in [9.17, 15) is 4.79 Å². The van der Waals surface area contributed by atoms with E-state index in [1.54, 1.807) is 21.0 Å². The minimum atomic E-state index is -0.256. The van der Waals surface area contributed by atoms with Crippen LogP contribution in [0.15, 0.2) is 28.7 Å². The van der Waals surface area contributed by atoms with E-state index in [1.807, 2.05) is 24.3 Å². The lowest BCUT2D eigenvalue weighted by Crippen LogP contribution is -2.23. The number of benzene rings is 1. The van der Waals surface area contributed by atoms with Crippen molar-refractivity contribution < 1.29 is 13.9 Å². The molecule has 0 radical (unpaired) electrons. The number of nitrogens with zero attached hydrogens (tertiary/aromatic N) is 1. The van der Waals surface area contributed by atoms with Gasteiger partial charge in [0.15, 0.2) is 5.89 Å². The molecule has 1 N–H and O–H groups in total. The number of rotatable bonds is 4. The summed E-state index contributed by atoms with van der Waals surface area (Å²) >= 11 is 0. The molecule has 5 nitrogen and oxygen atoms in total. The summed E-state index contributed by atoms with van der Waals surface area (Å²) in [6.07, 6.45) is 0. The first kappa shape index (κ1) is 13.1. The number of ether oxygens (including phenoxy) is 1. The molecule has 5 heteroatoms. The largest absolute Gasteiger partial charge is 0.497 e. The molecule has 19 heavy (non-hydrogen) atoms. The number of hydrogen-bond acceptors (Lipinski definition) is 4. The summed E-state index contributed by atoms with van der Waals surface area (Å²) in [7, 11) is 1.62. The molecule has 0 unspecified atom stereocenters. The van der Waals surface area contributed by atoms with E-state index >= 15 is 0 Å². The normalized spacial score (nSPS) is 10.3. The minimum Gasteiger partial charge on any atom is -0.497 e. The molecule has 0 aliphatic rings. The molecule has 0 spiro atoms. The molecule has 1 amide bonds. The fraction of sp³-hybridized carbons (Fsp3) is 0.286. The standard InChI is InChI=1S/C14H16N2O3/c1-9-13(19-10(2)16-9)14(17)15-8-11-4-6-12(18-3)7-5-11/h4-7H,8H2,1-3H3,(H,15,17). The van der Waals surface area contributed by atoms with Gasteiger partial charge >= 0.3 is 0 Å². The number of oxazole rings is 1. The van der Waals surface area contributed by atoms with Crippen LogP contribution in [0.3, 0.4) is 0 Å². The van der Waals surface area contributed by atoms with E-state index < -0.39 is 0 Å². The zero-order chi connectivity index (χ0) is 13.8. The molecule has 2 rings (SSSR count). The molecule has 1 aromatic carbocycles. The maximum atomic E-state index is 11.9. The lowest BCUT2D eigenvalue weighted by molar-refractivity contribution is 0.0921. The van der Waals surface area contributed by atoms with Crippen molar-refractivity contribution in [1.82, 2.24) is 10.3 Å². The SMILES string of the molecule is COc1ccc(CNC(=O)c2oc(C)nc2C)cc1. The van der Waals surface area contributed by atoms with Crippen molar-refractivity contribution in [3.63, 3.8) is 0 Å². The van der Waals surface area contributed by atoms with Gasteiger partial charge in [0.25, 0.3) is 5.91 Å². The third-order valence-corrected chi connectivity index (χ3v) is 2.72. The van der Waals surface area contributed by atoms with E-state index in [2.05, 4.69) is 10.3 Å². The van der Waals surface area contributed by atoms with Crippen LogP contribution in [-0.4, -0.2) is 18.0 Å². The summed E-state index contributed by atoms with van der Waals surface area (Å²) in [6, 6.07) is 7.51. The fourth-order valence-electron chi connectivity index (χ4n) is 1.75. The average molecular weight is 260 g/mol. The molecular formula is C14H16N2O3. The third kappa shape index (κ3) is 3.13. The first-order valence-electron chi connectivity index (χ1n) is 5.95. The van der Waals surface area contributed by atoms with E-state index in [4.69, 9.17) is 9.15 Å². The number of methoxy groups -OCH3 is 1. The Morgan fingerprint density at radius 3 is 2.53 bits per heavy atom. The van der Waals surface area contributed by atoms with Crippen LogP contribution in [0, 0.1) is 13.8 Å². The minimum absolute atomic E-state index is 0.256. The van der Waals surface area contributed by atoms with E-state index in [0.717, 1.165) is 11.3 Å². The van der Waals surface area contributed by atoms with Crippen molar-refractivity contribution in [2.24, 2.45) is 0 Å². The Hall–Kier alpha value is -2.30. The second-order valence-corrected chi connectivity index (χ2v) is 4.18. The highest BCUT2D eigenvalue weighted by Gasteiger charge is 2.15. The predicted octanol–water partition coefficient (Wildman–Crippen LogP) is 2.23. The summed E-state index contributed by atoms with van der Waals surface area (Å²) in [5, 5.41) is 2.79. The van der Waals surface area contributed by atoms with E-state index in [0.29, 0.717) is 18.1 Å². The van der Waals surface area contributed by atoms with Gasteiger partial charge in [0, 0.05) is 13.5 Å². The first-order valence-corrected chi connectivity index (χ1v) is 5.95. The summed E-state index contributed by atoms with van der Waals surface area (Å²) in [5.41, 5.74) is 1.59. The van der Waals surface area contributed by atoms with Crippen LogP contribution in [0.4, 0.5) is 0 Å². The first-order chi connectivity index (χ1) is 9.10. The van der Waals surface area contributed by atoms with Crippen molar-refractivity contribution in [3.8, 4) is 5.75 Å². The molecule has 1 aromatic heterocycles. The quantitative estimate of drug-likeness (QED) is 0.915. The number of aromatic nitrogens is 1. The Morgan fingerprint density at radius 1 is 1.32 bits per heavy atom. The van der Waals surface area contributed by atoms with Crippen molar-refractivity contribution in [2.45, 2.75) is 20.4 Å². The fourth-order valence-corrected chi connectivity index (χ4v) is 1.75. The molecule has 0 fully saturated rings. The second kappa shape index (κ2) is 5.56. The van der Waals surface area contributed by atoms with Gasteiger partial charge in [-0.3, -0.25) is 4.79 Å². The van der Waals surface area contributed by atoms with Crippen molar-refractivity contribution in [1.29, 1.82) is 0 Å². The Bertz CT molecular complexity index is 573. The van der Waals surface area contributed by atoms with Gasteiger partial charge in [-0.05, 0) is 24.6 Å². The van der Waals surface area contributed by atoms with Gasteiger partial charge in [-0.25, -0.2) is 4.98 Å². The number of amides is 1. The van der Waals surface area contributed by atoms with Gasteiger partial charge < -0.3 is 14.5 Å². The molecule has 0 aliphatic carbocycles. The molecule has 0 atom stereocenters. The van der Waals surface area contributed by atoms with Gasteiger partial charge in [-0.2, -0.15) is 0 Å². The smallest absolute Gasteiger partial charge is 0.289 e. The molecule has 1 heterocycles. The van der Waals surface area contributed by atoms with Gasteiger partial charge in [0.2, 0.25) is 5.76 Å². The van der Waals surface area contributed by atoms with Crippen LogP contribution in [-0.2, 0) is 6.54 Å². The van der Waals surface area contributed by atoms with Crippen LogP contribution in [0.2, 0.25) is 0 Å². The summed E-state index contributed by atoms with van der Waals surface area (Å²) < 4.78 is 10.3. The lowest BCUT2D eigenvalue weighted by atomic mass is 10.2. The highest BCUT2D eigenvalue weighted by molar-refractivity contribution is 5.92. The van der Waals surface area contributed by atoms with Crippen LogP contribution in [0.1, 0.15) is 27.7 Å². The van der Waals surface area contributed by atoms with E-state index in [-0.39, 0.29) is 11.7 Å². The second-order valence-electron chi connectivity index (χ2n) is 4.18. The molecule has 0 bridgehead atoms. The Balaban J connectivity index is 1.98. The number of carbonyl (C=O) groups is 1. The highest BCUT2D eigenvalue weighted by Crippen LogP contribution is 2.12. The third-order valence-electron chi connectivity index (χ3n) is 2.72. The maximum Gasteiger partial charge on any atom is 0.289 e. The molecule has 100 valence electrons. The van der Waals surface area contributed by atoms with Gasteiger partial charge in [0.1, 0.15) is 5.75 Å². The van der Waals surface area contributed by atoms with Crippen LogP contribution in [0.5, 0.6) is 5.75 Å². The zero-order valence-corrected chi connectivity index (χ0v) is 11.2. The Morgan fingerprint density at radius 2 is 2.00 bits per heavy atom. The van der Waals surface area contributed by atoms with Gasteiger partial charge in [-0.1, -0.05) is 12.1 Å². The van der Waals surface area contributed by atoms with Gasteiger partial charge in [0.05, 0.1) is 12.8 Å². The zero-order valence-electron chi connectivity index (χ0n) is 11.2. The summed E-state index contributed by atoms with van der Waals surface area (Å²) in [4.78, 5) is 16.0. The number of carbonyl (C=O) groups excluding carboxylic acids is 1. The van der Waals surface area contributed by atoms with Crippen LogP contribution in [0.25, 0.3) is 0 Å². The Labute approximate surface area is 111 Å². The molecule has 2 aromatic rings. The number of aryl methyl sites for hydroxylation is 2. The topological polar surface area (TPSA) is 64.4 Å². The maximum absolute atomic E-state index is 11.9. The Kier molecular flexibility index (Phi) is 3.85. The van der Waals surface area contributed by atoms with Gasteiger partial charge in [-0.15, -0.1) is 0 Å².